The summed E-state index contributed by atoms with van der Waals surface area (Å²) in [5.41, 5.74) is 0.972. The molecule has 0 amide bonds. The van der Waals surface area contributed by atoms with Crippen molar-refractivity contribution in [2.45, 2.75) is 12.8 Å². The van der Waals surface area contributed by atoms with E-state index in [9.17, 15) is 4.39 Å². The molecule has 1 aromatic carbocycles. The van der Waals surface area contributed by atoms with E-state index < -0.39 is 0 Å². The second kappa shape index (κ2) is 5.83. The number of hydrogen-bond donors (Lipinski definition) is 1. The summed E-state index contributed by atoms with van der Waals surface area (Å²) in [6.45, 7) is 3.30. The van der Waals surface area contributed by atoms with E-state index in [4.69, 9.17) is 0 Å². The maximum absolute atomic E-state index is 12.9. The Kier molecular flexibility index (Phi) is 4.40. The van der Waals surface area contributed by atoms with Gasteiger partial charge in [0.2, 0.25) is 0 Å². The quantitative estimate of drug-likeness (QED) is 0.921. The fourth-order valence-electron chi connectivity index (χ4n) is 2.33. The van der Waals surface area contributed by atoms with Crippen LogP contribution in [-0.2, 0) is 0 Å². The van der Waals surface area contributed by atoms with Crippen LogP contribution in [0, 0.1) is 11.7 Å². The van der Waals surface area contributed by atoms with Gasteiger partial charge in [-0.1, -0.05) is 0 Å². The lowest BCUT2D eigenvalue weighted by Gasteiger charge is -2.30. The number of halogens is 2. The second-order valence-electron chi connectivity index (χ2n) is 4.78. The molecule has 0 radical (unpaired) electrons. The molecule has 1 fully saturated rings. The normalized spacial score (nSPS) is 21.5. The molecule has 1 N–H and O–H groups in total. The first-order valence-electron chi connectivity index (χ1n) is 6.02. The summed E-state index contributed by atoms with van der Waals surface area (Å²) >= 11 is 3.37. The van der Waals surface area contributed by atoms with Crippen LogP contribution in [0.4, 0.5) is 10.1 Å². The molecule has 94 valence electrons. The second-order valence-corrected chi connectivity index (χ2v) is 5.63. The minimum absolute atomic E-state index is 0.208. The van der Waals surface area contributed by atoms with Gasteiger partial charge < -0.3 is 10.2 Å². The van der Waals surface area contributed by atoms with Crippen molar-refractivity contribution in [3.8, 4) is 0 Å². The zero-order chi connectivity index (χ0) is 12.3. The molecule has 1 aromatic rings. The van der Waals surface area contributed by atoms with Crippen molar-refractivity contribution < 1.29 is 4.39 Å². The van der Waals surface area contributed by atoms with E-state index in [1.165, 1.54) is 31.5 Å². The molecular weight excluding hydrogens is 283 g/mol. The van der Waals surface area contributed by atoms with Crippen molar-refractivity contribution in [2.75, 3.05) is 32.0 Å². The first kappa shape index (κ1) is 12.8. The van der Waals surface area contributed by atoms with Gasteiger partial charge in [-0.25, -0.2) is 4.39 Å². The molecule has 1 atom stereocenters. The minimum Gasteiger partial charge on any atom is -0.384 e. The van der Waals surface area contributed by atoms with Crippen molar-refractivity contribution in [3.05, 3.63) is 28.5 Å². The number of nitrogens with zero attached hydrogens (tertiary/aromatic N) is 1. The summed E-state index contributed by atoms with van der Waals surface area (Å²) < 4.78 is 13.7. The van der Waals surface area contributed by atoms with Gasteiger partial charge in [-0.2, -0.15) is 0 Å². The topological polar surface area (TPSA) is 15.3 Å². The maximum atomic E-state index is 12.9. The summed E-state index contributed by atoms with van der Waals surface area (Å²) in [7, 11) is 2.17. The maximum Gasteiger partial charge on any atom is 0.124 e. The SMILES string of the molecule is CN1CCCC(CNc2ccc(F)cc2Br)C1. The molecule has 4 heteroatoms. The van der Waals surface area contributed by atoms with Gasteiger partial charge in [0.25, 0.3) is 0 Å². The van der Waals surface area contributed by atoms with Gasteiger partial charge in [0.05, 0.1) is 0 Å². The van der Waals surface area contributed by atoms with E-state index in [1.54, 1.807) is 6.07 Å². The highest BCUT2D eigenvalue weighted by Crippen LogP contribution is 2.24. The van der Waals surface area contributed by atoms with Crippen LogP contribution in [0.25, 0.3) is 0 Å². The van der Waals surface area contributed by atoms with Gasteiger partial charge in [0.15, 0.2) is 0 Å². The summed E-state index contributed by atoms with van der Waals surface area (Å²) in [6, 6.07) is 4.77. The highest BCUT2D eigenvalue weighted by atomic mass is 79.9. The lowest BCUT2D eigenvalue weighted by Crippen LogP contribution is -2.35. The Bertz CT molecular complexity index is 384. The van der Waals surface area contributed by atoms with Crippen LogP contribution in [0.2, 0.25) is 0 Å². The third-order valence-electron chi connectivity index (χ3n) is 3.23. The van der Waals surface area contributed by atoms with Gasteiger partial charge in [-0.05, 0) is 66.5 Å². The van der Waals surface area contributed by atoms with Crippen LogP contribution in [0.15, 0.2) is 22.7 Å². The molecular formula is C13H18BrFN2. The van der Waals surface area contributed by atoms with Crippen molar-refractivity contribution in [3.63, 3.8) is 0 Å². The fraction of sp³-hybridized carbons (Fsp3) is 0.538. The van der Waals surface area contributed by atoms with Gasteiger partial charge >= 0.3 is 0 Å². The first-order chi connectivity index (χ1) is 8.15. The van der Waals surface area contributed by atoms with Crippen LogP contribution >= 0.6 is 15.9 Å². The summed E-state index contributed by atoms with van der Waals surface area (Å²) in [4.78, 5) is 2.37. The number of piperidine rings is 1. The van der Waals surface area contributed by atoms with E-state index in [1.807, 2.05) is 0 Å². The molecule has 2 rings (SSSR count). The molecule has 0 aliphatic carbocycles. The third-order valence-corrected chi connectivity index (χ3v) is 3.89. The van der Waals surface area contributed by atoms with Gasteiger partial charge in [0, 0.05) is 23.2 Å². The van der Waals surface area contributed by atoms with Crippen molar-refractivity contribution in [2.24, 2.45) is 5.92 Å². The van der Waals surface area contributed by atoms with Gasteiger partial charge in [0.1, 0.15) is 5.82 Å². The Morgan fingerprint density at radius 2 is 2.35 bits per heavy atom. The van der Waals surface area contributed by atoms with Crippen molar-refractivity contribution >= 4 is 21.6 Å². The number of benzene rings is 1. The van der Waals surface area contributed by atoms with Crippen LogP contribution in [0.3, 0.4) is 0 Å². The van der Waals surface area contributed by atoms with E-state index in [0.717, 1.165) is 23.2 Å². The van der Waals surface area contributed by atoms with E-state index in [2.05, 4.69) is 33.2 Å². The zero-order valence-electron chi connectivity index (χ0n) is 10.0. The Morgan fingerprint density at radius 3 is 3.06 bits per heavy atom. The number of hydrogen-bond acceptors (Lipinski definition) is 2. The number of likely N-dealkylation sites (tertiary alicyclic amines) is 1. The average Bonchev–Trinajstić information content (AvgIpc) is 2.28. The number of anilines is 1. The Morgan fingerprint density at radius 1 is 1.53 bits per heavy atom. The summed E-state index contributed by atoms with van der Waals surface area (Å²) in [5.74, 6) is 0.477. The Balaban J connectivity index is 1.88. The lowest BCUT2D eigenvalue weighted by atomic mass is 9.98. The molecule has 0 bridgehead atoms. The van der Waals surface area contributed by atoms with Crippen molar-refractivity contribution in [1.29, 1.82) is 0 Å². The molecule has 1 heterocycles. The smallest absolute Gasteiger partial charge is 0.124 e. The molecule has 2 nitrogen and oxygen atoms in total. The molecule has 0 saturated carbocycles. The van der Waals surface area contributed by atoms with Crippen LogP contribution in [0.1, 0.15) is 12.8 Å². The highest BCUT2D eigenvalue weighted by Gasteiger charge is 2.16. The monoisotopic (exact) mass is 300 g/mol. The molecule has 1 aliphatic heterocycles. The first-order valence-corrected chi connectivity index (χ1v) is 6.82. The molecule has 0 aromatic heterocycles. The largest absolute Gasteiger partial charge is 0.384 e. The summed E-state index contributed by atoms with van der Waals surface area (Å²) in [6.07, 6.45) is 2.55. The van der Waals surface area contributed by atoms with Gasteiger partial charge in [-0.3, -0.25) is 0 Å². The Labute approximate surface area is 110 Å². The van der Waals surface area contributed by atoms with E-state index in [-0.39, 0.29) is 5.82 Å². The molecule has 1 aliphatic rings. The molecule has 17 heavy (non-hydrogen) atoms. The van der Waals surface area contributed by atoms with E-state index in [0.29, 0.717) is 5.92 Å². The molecule has 1 saturated heterocycles. The molecule has 1 unspecified atom stereocenters. The van der Waals surface area contributed by atoms with Gasteiger partial charge in [-0.15, -0.1) is 0 Å². The van der Waals surface area contributed by atoms with Crippen LogP contribution < -0.4 is 5.32 Å². The Hall–Kier alpha value is -0.610. The predicted molar refractivity (Wildman–Crippen MR) is 72.8 cm³/mol. The third kappa shape index (κ3) is 3.68. The van der Waals surface area contributed by atoms with E-state index >= 15 is 0 Å². The molecule has 0 spiro atoms. The number of nitrogens with one attached hydrogen (secondary N) is 1. The lowest BCUT2D eigenvalue weighted by molar-refractivity contribution is 0.217. The highest BCUT2D eigenvalue weighted by molar-refractivity contribution is 9.10. The van der Waals surface area contributed by atoms with Crippen LogP contribution in [-0.4, -0.2) is 31.6 Å². The minimum atomic E-state index is -0.208. The standard InChI is InChI=1S/C13H18BrFN2/c1-17-6-2-3-10(9-17)8-16-13-5-4-11(15)7-12(13)14/h4-5,7,10,16H,2-3,6,8-9H2,1H3. The predicted octanol–water partition coefficient (Wildman–Crippen LogP) is 3.34. The zero-order valence-corrected chi connectivity index (χ0v) is 11.6. The van der Waals surface area contributed by atoms with Crippen molar-refractivity contribution in [1.82, 2.24) is 4.90 Å². The average molecular weight is 301 g/mol. The fourth-order valence-corrected chi connectivity index (χ4v) is 2.82. The number of rotatable bonds is 3. The van der Waals surface area contributed by atoms with Crippen LogP contribution in [0.5, 0.6) is 0 Å². The summed E-state index contributed by atoms with van der Waals surface area (Å²) in [5, 5.41) is 3.39.